The van der Waals surface area contributed by atoms with Crippen molar-refractivity contribution in [3.8, 4) is 0 Å². The quantitative estimate of drug-likeness (QED) is 0.194. The van der Waals surface area contributed by atoms with Gasteiger partial charge in [-0.3, -0.25) is 0 Å². The van der Waals surface area contributed by atoms with E-state index in [0.29, 0.717) is 0 Å². The van der Waals surface area contributed by atoms with E-state index in [9.17, 15) is 4.79 Å². The Kier molecular flexibility index (Phi) is 15.5. The molecule has 0 aliphatic carbocycles. The van der Waals surface area contributed by atoms with E-state index in [2.05, 4.69) is 11.3 Å². The summed E-state index contributed by atoms with van der Waals surface area (Å²) in [5.74, 6) is 0.965. The molecule has 0 aliphatic rings. The molecule has 0 aliphatic heterocycles. The van der Waals surface area contributed by atoms with Crippen LogP contribution in [-0.4, -0.2) is 11.8 Å². The Morgan fingerprint density at radius 1 is 0.824 bits per heavy atom. The molecule has 0 rings (SSSR count). The number of rotatable bonds is 13. The molecule has 0 atom stereocenters. The predicted molar refractivity (Wildman–Crippen MR) is 77.0 cm³/mol. The van der Waals surface area contributed by atoms with Crippen molar-refractivity contribution in [2.75, 3.05) is 5.75 Å². The maximum absolute atomic E-state index is 9.79. The van der Waals surface area contributed by atoms with Gasteiger partial charge in [-0.15, -0.1) is 4.40 Å². The zero-order valence-electron chi connectivity index (χ0n) is 11.2. The maximum Gasteiger partial charge on any atom is 0.247 e. The summed E-state index contributed by atoms with van der Waals surface area (Å²) < 4.78 is 3.47. The van der Waals surface area contributed by atoms with Crippen LogP contribution in [0.2, 0.25) is 0 Å². The Morgan fingerprint density at radius 2 is 1.29 bits per heavy atom. The van der Waals surface area contributed by atoms with Crippen molar-refractivity contribution in [3.05, 3.63) is 0 Å². The standard InChI is InChI=1S/C14H27NOS/c1-2-3-4-5-6-7-8-9-10-11-12-13-17-15-14-16/h2-13H2,1H3. The molecule has 3 heteroatoms. The summed E-state index contributed by atoms with van der Waals surface area (Å²) in [4.78, 5) is 9.79. The molecule has 2 nitrogen and oxygen atoms in total. The summed E-state index contributed by atoms with van der Waals surface area (Å²) in [6, 6.07) is 0. The molecule has 0 heterocycles. The zero-order chi connectivity index (χ0) is 12.6. The molecule has 0 unspecified atom stereocenters. The van der Waals surface area contributed by atoms with E-state index < -0.39 is 0 Å². The molecule has 0 bridgehead atoms. The highest BCUT2D eigenvalue weighted by molar-refractivity contribution is 7.98. The van der Waals surface area contributed by atoms with Gasteiger partial charge in [-0.2, -0.15) is 0 Å². The van der Waals surface area contributed by atoms with Gasteiger partial charge in [-0.1, -0.05) is 71.1 Å². The Balaban J connectivity index is 2.91. The number of nitrogens with zero attached hydrogens (tertiary/aromatic N) is 1. The largest absolute Gasteiger partial charge is 0.247 e. The van der Waals surface area contributed by atoms with Crippen molar-refractivity contribution >= 4 is 18.0 Å². The molecule has 0 aromatic heterocycles. The van der Waals surface area contributed by atoms with Crippen molar-refractivity contribution in [2.24, 2.45) is 4.40 Å². The van der Waals surface area contributed by atoms with Gasteiger partial charge in [-0.25, -0.2) is 4.79 Å². The molecular weight excluding hydrogens is 230 g/mol. The Labute approximate surface area is 111 Å². The number of unbranched alkanes of at least 4 members (excludes halogenated alkanes) is 10. The van der Waals surface area contributed by atoms with Crippen LogP contribution in [0.3, 0.4) is 0 Å². The normalized spacial score (nSPS) is 10.2. The lowest BCUT2D eigenvalue weighted by molar-refractivity contribution is 0.555. The Morgan fingerprint density at radius 3 is 1.76 bits per heavy atom. The van der Waals surface area contributed by atoms with Crippen LogP contribution in [0.1, 0.15) is 77.6 Å². The van der Waals surface area contributed by atoms with Crippen LogP contribution in [0.25, 0.3) is 0 Å². The monoisotopic (exact) mass is 257 g/mol. The van der Waals surface area contributed by atoms with Crippen LogP contribution < -0.4 is 0 Å². The van der Waals surface area contributed by atoms with Crippen LogP contribution in [0.15, 0.2) is 4.40 Å². The van der Waals surface area contributed by atoms with Crippen molar-refractivity contribution in [1.82, 2.24) is 0 Å². The van der Waals surface area contributed by atoms with Crippen LogP contribution in [-0.2, 0) is 4.79 Å². The molecule has 0 amide bonds. The third-order valence-corrected chi connectivity index (χ3v) is 3.62. The summed E-state index contributed by atoms with van der Waals surface area (Å²) >= 11 is 1.33. The Hall–Kier alpha value is -0.270. The van der Waals surface area contributed by atoms with Gasteiger partial charge < -0.3 is 0 Å². The van der Waals surface area contributed by atoms with E-state index in [0.717, 1.165) is 5.75 Å². The van der Waals surface area contributed by atoms with Crippen LogP contribution >= 0.6 is 11.9 Å². The molecule has 100 valence electrons. The summed E-state index contributed by atoms with van der Waals surface area (Å²) in [5.41, 5.74) is 0. The van der Waals surface area contributed by atoms with Crippen molar-refractivity contribution in [2.45, 2.75) is 77.6 Å². The topological polar surface area (TPSA) is 29.4 Å². The van der Waals surface area contributed by atoms with Crippen molar-refractivity contribution in [1.29, 1.82) is 0 Å². The molecule has 0 aromatic carbocycles. The van der Waals surface area contributed by atoms with E-state index in [1.165, 1.54) is 82.6 Å². The van der Waals surface area contributed by atoms with Crippen LogP contribution in [0.4, 0.5) is 0 Å². The second kappa shape index (κ2) is 15.7. The third-order valence-electron chi connectivity index (χ3n) is 2.94. The van der Waals surface area contributed by atoms with Gasteiger partial charge in [0.1, 0.15) is 0 Å². The lowest BCUT2D eigenvalue weighted by Crippen LogP contribution is -1.83. The van der Waals surface area contributed by atoms with Gasteiger partial charge in [0, 0.05) is 5.75 Å². The number of isocyanates is 1. The second-order valence-electron chi connectivity index (χ2n) is 4.55. The molecule has 0 fully saturated rings. The molecular formula is C14H27NOS. The highest BCUT2D eigenvalue weighted by Gasteiger charge is 1.93. The molecule has 0 radical (unpaired) electrons. The second-order valence-corrected chi connectivity index (χ2v) is 5.40. The molecule has 0 N–H and O–H groups in total. The van der Waals surface area contributed by atoms with Crippen LogP contribution in [0.5, 0.6) is 0 Å². The molecule has 0 saturated carbocycles. The van der Waals surface area contributed by atoms with Gasteiger partial charge in [0.2, 0.25) is 6.08 Å². The van der Waals surface area contributed by atoms with Gasteiger partial charge in [0.25, 0.3) is 0 Å². The van der Waals surface area contributed by atoms with Gasteiger partial charge >= 0.3 is 0 Å². The van der Waals surface area contributed by atoms with E-state index in [4.69, 9.17) is 0 Å². The summed E-state index contributed by atoms with van der Waals surface area (Å²) in [5, 5.41) is 0. The molecule has 0 saturated heterocycles. The number of carbonyl (C=O) groups excluding carboxylic acids is 1. The lowest BCUT2D eigenvalue weighted by atomic mass is 10.1. The van der Waals surface area contributed by atoms with Crippen LogP contribution in [0, 0.1) is 0 Å². The summed E-state index contributed by atoms with van der Waals surface area (Å²) in [6.07, 6.45) is 16.5. The van der Waals surface area contributed by atoms with Gasteiger partial charge in [-0.05, 0) is 18.4 Å². The summed E-state index contributed by atoms with van der Waals surface area (Å²) in [7, 11) is 0. The highest BCUT2D eigenvalue weighted by Crippen LogP contribution is 2.12. The fraction of sp³-hybridized carbons (Fsp3) is 0.929. The zero-order valence-corrected chi connectivity index (χ0v) is 12.1. The smallest absolute Gasteiger partial charge is 0.210 e. The first-order chi connectivity index (χ1) is 8.41. The lowest BCUT2D eigenvalue weighted by Gasteiger charge is -2.01. The SMILES string of the molecule is CCCCCCCCCCCCCSN=C=O. The first kappa shape index (κ1) is 16.7. The minimum absolute atomic E-state index is 0.965. The molecule has 0 aromatic rings. The van der Waals surface area contributed by atoms with E-state index >= 15 is 0 Å². The molecule has 17 heavy (non-hydrogen) atoms. The van der Waals surface area contributed by atoms with Gasteiger partial charge in [0.15, 0.2) is 0 Å². The fourth-order valence-electron chi connectivity index (χ4n) is 1.90. The van der Waals surface area contributed by atoms with Crippen molar-refractivity contribution < 1.29 is 4.79 Å². The first-order valence-electron chi connectivity index (χ1n) is 7.11. The highest BCUT2D eigenvalue weighted by atomic mass is 32.2. The minimum Gasteiger partial charge on any atom is -0.210 e. The summed E-state index contributed by atoms with van der Waals surface area (Å²) in [6.45, 7) is 2.26. The third kappa shape index (κ3) is 15.7. The van der Waals surface area contributed by atoms with E-state index in [-0.39, 0.29) is 0 Å². The minimum atomic E-state index is 0.965. The predicted octanol–water partition coefficient (Wildman–Crippen LogP) is 5.28. The fourth-order valence-corrected chi connectivity index (χ4v) is 2.38. The first-order valence-corrected chi connectivity index (χ1v) is 8.05. The number of hydrogen-bond donors (Lipinski definition) is 0. The number of hydrogen-bond acceptors (Lipinski definition) is 3. The van der Waals surface area contributed by atoms with E-state index in [1.54, 1.807) is 6.08 Å². The maximum atomic E-state index is 9.79. The average molecular weight is 257 g/mol. The Bertz CT molecular complexity index is 191. The molecule has 0 spiro atoms. The van der Waals surface area contributed by atoms with E-state index in [1.807, 2.05) is 0 Å². The van der Waals surface area contributed by atoms with Crippen molar-refractivity contribution in [3.63, 3.8) is 0 Å². The van der Waals surface area contributed by atoms with Gasteiger partial charge in [0.05, 0.1) is 0 Å². The average Bonchev–Trinajstić information content (AvgIpc) is 2.35.